The van der Waals surface area contributed by atoms with Crippen LogP contribution < -0.4 is 22.9 Å². The third kappa shape index (κ3) is 24.6. The number of urea groups is 1. The molecule has 2 amide bonds. The Morgan fingerprint density at radius 2 is 1.60 bits per heavy atom. The predicted octanol–water partition coefficient (Wildman–Crippen LogP) is -0.871. The average molecular weight is 287 g/mol. The normalized spacial score (nSPS) is 10.3. The van der Waals surface area contributed by atoms with Gasteiger partial charge in [0.15, 0.2) is 0 Å². The number of hydrogen-bond acceptors (Lipinski definition) is 4. The summed E-state index contributed by atoms with van der Waals surface area (Å²) >= 11 is 0. The monoisotopic (exact) mass is 286 g/mol. The molecule has 0 bridgehead atoms. The molecule has 0 heterocycles. The van der Waals surface area contributed by atoms with E-state index in [1.165, 1.54) is 0 Å². The molecule has 0 aliphatic carbocycles. The Bertz CT molecular complexity index is 176. The van der Waals surface area contributed by atoms with E-state index >= 15 is 0 Å². The Balaban J connectivity index is -0.000000249. The maximum Gasteiger partial charge on any atom is 0.320 e. The molecule has 8 heteroatoms. The first-order valence-electron chi connectivity index (χ1n) is 4.15. The molecule has 0 aliphatic rings. The first-order valence-corrected chi connectivity index (χ1v) is 4.15. The smallest absolute Gasteiger partial charge is 0.320 e. The number of halogens is 1. The van der Waals surface area contributed by atoms with Gasteiger partial charge in [0.1, 0.15) is 6.04 Å². The van der Waals surface area contributed by atoms with E-state index in [2.05, 4.69) is 11.5 Å². The number of unbranched alkanes of at least 4 members (excludes halogenated alkanes) is 1. The Hall–Kier alpha value is -0.860. The molecule has 1 atom stereocenters. The number of carboxylic acids is 1. The summed E-state index contributed by atoms with van der Waals surface area (Å²) in [4.78, 5) is 19.1. The Kier molecular flexibility index (Phi) is 17.2. The molecule has 0 aromatic heterocycles. The van der Waals surface area contributed by atoms with Crippen molar-refractivity contribution >= 4 is 29.0 Å². The van der Waals surface area contributed by atoms with E-state index in [1.54, 1.807) is 0 Å². The first-order chi connectivity index (χ1) is 6.41. The van der Waals surface area contributed by atoms with Crippen LogP contribution in [0.5, 0.6) is 0 Å². The third-order valence-corrected chi connectivity index (χ3v) is 1.29. The number of carbonyl (C=O) groups is 2. The maximum absolute atomic E-state index is 10.1. The quantitative estimate of drug-likeness (QED) is 0.415. The second-order valence-electron chi connectivity index (χ2n) is 2.63. The van der Waals surface area contributed by atoms with Gasteiger partial charge in [-0.25, -0.2) is 4.79 Å². The molecule has 1 unspecified atom stereocenters. The second kappa shape index (κ2) is 13.1. The number of amides is 2. The molecule has 0 saturated heterocycles. The highest BCUT2D eigenvalue weighted by atomic mass is 79.9. The molecule has 0 spiro atoms. The van der Waals surface area contributed by atoms with Crippen molar-refractivity contribution in [3.8, 4) is 0 Å². The van der Waals surface area contributed by atoms with Crippen molar-refractivity contribution in [2.45, 2.75) is 25.3 Å². The average Bonchev–Trinajstić information content (AvgIpc) is 2.03. The lowest BCUT2D eigenvalue weighted by molar-refractivity contribution is -0.138. The Labute approximate surface area is 98.9 Å². The summed E-state index contributed by atoms with van der Waals surface area (Å²) in [6, 6.07) is -1.55. The zero-order valence-corrected chi connectivity index (χ0v) is 10.1. The van der Waals surface area contributed by atoms with Crippen LogP contribution in [0, 0.1) is 0 Å². The first kappa shape index (κ1) is 19.7. The van der Waals surface area contributed by atoms with Crippen LogP contribution in [0.15, 0.2) is 0 Å². The van der Waals surface area contributed by atoms with E-state index in [0.29, 0.717) is 13.0 Å². The van der Waals surface area contributed by atoms with E-state index in [-0.39, 0.29) is 17.0 Å². The minimum Gasteiger partial charge on any atom is -0.480 e. The predicted molar refractivity (Wildman–Crippen MR) is 62.6 cm³/mol. The number of carbonyl (C=O) groups excluding carboxylic acids is 1. The van der Waals surface area contributed by atoms with Gasteiger partial charge in [-0.15, -0.1) is 17.0 Å². The van der Waals surface area contributed by atoms with Crippen LogP contribution in [0.25, 0.3) is 0 Å². The molecular weight excluding hydrogens is 268 g/mol. The summed E-state index contributed by atoms with van der Waals surface area (Å²) in [7, 11) is 0. The molecule has 92 valence electrons. The number of hydrogen-bond donors (Lipinski definition) is 5. The van der Waals surface area contributed by atoms with Crippen molar-refractivity contribution in [1.29, 1.82) is 0 Å². The lowest BCUT2D eigenvalue weighted by atomic mass is 10.1. The highest BCUT2D eigenvalue weighted by molar-refractivity contribution is 8.93. The van der Waals surface area contributed by atoms with Gasteiger partial charge in [-0.2, -0.15) is 0 Å². The van der Waals surface area contributed by atoms with E-state index < -0.39 is 18.0 Å². The maximum atomic E-state index is 10.1. The van der Waals surface area contributed by atoms with E-state index in [4.69, 9.17) is 21.4 Å². The number of aliphatic carboxylic acids is 1. The molecule has 0 fully saturated rings. The van der Waals surface area contributed by atoms with Crippen LogP contribution in [0.4, 0.5) is 4.79 Å². The van der Waals surface area contributed by atoms with Crippen molar-refractivity contribution in [2.75, 3.05) is 6.54 Å². The lowest BCUT2D eigenvalue weighted by Gasteiger charge is -2.03. The summed E-state index contributed by atoms with van der Waals surface area (Å²) in [5, 5.41) is 8.33. The molecule has 15 heavy (non-hydrogen) atoms. The number of rotatable bonds is 5. The number of nitrogens with two attached hydrogens (primary N) is 4. The van der Waals surface area contributed by atoms with Gasteiger partial charge >= 0.3 is 12.0 Å². The minimum absolute atomic E-state index is 0. The molecule has 0 saturated carbocycles. The summed E-state index contributed by atoms with van der Waals surface area (Å²) in [6.07, 6.45) is 2.16. The lowest BCUT2D eigenvalue weighted by Crippen LogP contribution is -2.29. The highest BCUT2D eigenvalue weighted by Crippen LogP contribution is 1.96. The van der Waals surface area contributed by atoms with Crippen LogP contribution in [0.3, 0.4) is 0 Å². The summed E-state index contributed by atoms with van der Waals surface area (Å²) in [5.74, 6) is -0.933. The van der Waals surface area contributed by atoms with E-state index in [9.17, 15) is 4.79 Å². The molecule has 0 aliphatic heterocycles. The van der Waals surface area contributed by atoms with Crippen LogP contribution in [0.1, 0.15) is 19.3 Å². The fourth-order valence-electron chi connectivity index (χ4n) is 0.632. The van der Waals surface area contributed by atoms with Gasteiger partial charge in [-0.3, -0.25) is 4.79 Å². The molecule has 7 nitrogen and oxygen atoms in total. The van der Waals surface area contributed by atoms with Crippen LogP contribution in [-0.2, 0) is 4.79 Å². The van der Waals surface area contributed by atoms with Crippen molar-refractivity contribution < 1.29 is 14.7 Å². The number of primary amides is 2. The summed E-state index contributed by atoms with van der Waals surface area (Å²) < 4.78 is 0. The van der Waals surface area contributed by atoms with E-state index in [0.717, 1.165) is 12.8 Å². The topological polar surface area (TPSA) is 158 Å². The van der Waals surface area contributed by atoms with Gasteiger partial charge in [-0.05, 0) is 19.4 Å². The fourth-order valence-corrected chi connectivity index (χ4v) is 0.632. The van der Waals surface area contributed by atoms with Crippen LogP contribution >= 0.6 is 17.0 Å². The Morgan fingerprint density at radius 1 is 1.20 bits per heavy atom. The third-order valence-electron chi connectivity index (χ3n) is 1.29. The zero-order chi connectivity index (χ0) is 11.6. The van der Waals surface area contributed by atoms with Gasteiger partial charge in [0, 0.05) is 0 Å². The molecule has 9 N–H and O–H groups in total. The van der Waals surface area contributed by atoms with Crippen molar-refractivity contribution in [3.63, 3.8) is 0 Å². The zero-order valence-electron chi connectivity index (χ0n) is 8.39. The highest BCUT2D eigenvalue weighted by Gasteiger charge is 2.09. The van der Waals surface area contributed by atoms with Gasteiger partial charge in [0.25, 0.3) is 0 Å². The Morgan fingerprint density at radius 3 is 1.87 bits per heavy atom. The largest absolute Gasteiger partial charge is 0.480 e. The van der Waals surface area contributed by atoms with Gasteiger partial charge in [0.2, 0.25) is 0 Å². The molecule has 0 rings (SSSR count). The standard InChI is InChI=1S/C6H14N2O2.CH4N2O.BrH/c7-4-2-1-3-5(8)6(9)10;2-1(3)4;/h5H,1-4,7-8H2,(H,9,10);(H4,2,3,4);1H. The summed E-state index contributed by atoms with van der Waals surface area (Å²) in [6.45, 7) is 0.604. The van der Waals surface area contributed by atoms with Crippen LogP contribution in [0.2, 0.25) is 0 Å². The van der Waals surface area contributed by atoms with Gasteiger partial charge in [0.05, 0.1) is 0 Å². The second-order valence-corrected chi connectivity index (χ2v) is 2.63. The molecular formula is C7H19BrN4O3. The van der Waals surface area contributed by atoms with Crippen LogP contribution in [-0.4, -0.2) is 29.7 Å². The van der Waals surface area contributed by atoms with Crippen molar-refractivity contribution in [3.05, 3.63) is 0 Å². The summed E-state index contributed by atoms with van der Waals surface area (Å²) in [5.41, 5.74) is 18.9. The van der Waals surface area contributed by atoms with Crippen molar-refractivity contribution in [1.82, 2.24) is 0 Å². The fraction of sp³-hybridized carbons (Fsp3) is 0.714. The molecule has 0 aromatic carbocycles. The van der Waals surface area contributed by atoms with Gasteiger partial charge < -0.3 is 28.0 Å². The van der Waals surface area contributed by atoms with E-state index in [1.807, 2.05) is 0 Å². The SMILES string of the molecule is Br.NC(N)=O.NCCCCC(N)C(=O)O. The number of carboxylic acid groups (broad SMARTS) is 1. The van der Waals surface area contributed by atoms with Gasteiger partial charge in [-0.1, -0.05) is 6.42 Å². The minimum atomic E-state index is -0.933. The van der Waals surface area contributed by atoms with Crippen molar-refractivity contribution in [2.24, 2.45) is 22.9 Å². The molecule has 0 radical (unpaired) electrons. The molecule has 0 aromatic rings.